The van der Waals surface area contributed by atoms with E-state index in [1.54, 1.807) is 0 Å². The SMILES string of the molecule is CCc1nn(C)c(Cn2ccc3cc(CO)ccc32)c1Cl. The number of aromatic nitrogens is 3. The van der Waals surface area contributed by atoms with Gasteiger partial charge in [-0.3, -0.25) is 4.68 Å². The lowest BCUT2D eigenvalue weighted by atomic mass is 10.2. The minimum atomic E-state index is 0.0640. The van der Waals surface area contributed by atoms with E-state index in [-0.39, 0.29) is 6.61 Å². The molecule has 1 aromatic carbocycles. The van der Waals surface area contributed by atoms with Gasteiger partial charge in [-0.15, -0.1) is 0 Å². The normalized spacial score (nSPS) is 11.4. The highest BCUT2D eigenvalue weighted by atomic mass is 35.5. The lowest BCUT2D eigenvalue weighted by molar-refractivity contribution is 0.282. The van der Waals surface area contributed by atoms with Crippen molar-refractivity contribution in [3.8, 4) is 0 Å². The molecule has 2 heterocycles. The first kappa shape index (κ1) is 14.2. The predicted octanol–water partition coefficient (Wildman–Crippen LogP) is 3.13. The van der Waals surface area contributed by atoms with Crippen LogP contribution in [0.1, 0.15) is 23.9 Å². The van der Waals surface area contributed by atoms with Crippen LogP contribution in [-0.4, -0.2) is 19.5 Å². The number of hydrogen-bond acceptors (Lipinski definition) is 2. The van der Waals surface area contributed by atoms with E-state index in [1.807, 2.05) is 36.1 Å². The van der Waals surface area contributed by atoms with Crippen LogP contribution in [0.25, 0.3) is 10.9 Å². The number of aliphatic hydroxyl groups is 1. The van der Waals surface area contributed by atoms with Crippen molar-refractivity contribution >= 4 is 22.5 Å². The predicted molar refractivity (Wildman–Crippen MR) is 84.6 cm³/mol. The molecule has 2 aromatic heterocycles. The Morgan fingerprint density at radius 1 is 1.29 bits per heavy atom. The quantitative estimate of drug-likeness (QED) is 0.804. The Bertz CT molecular complexity index is 788. The summed E-state index contributed by atoms with van der Waals surface area (Å²) in [5.41, 5.74) is 4.00. The summed E-state index contributed by atoms with van der Waals surface area (Å²) in [6, 6.07) is 8.04. The van der Waals surface area contributed by atoms with Crippen LogP contribution in [0.15, 0.2) is 30.5 Å². The zero-order valence-electron chi connectivity index (χ0n) is 12.2. The molecule has 0 aliphatic heterocycles. The molecule has 0 spiro atoms. The van der Waals surface area contributed by atoms with Crippen LogP contribution >= 0.6 is 11.6 Å². The summed E-state index contributed by atoms with van der Waals surface area (Å²) in [5.74, 6) is 0. The maximum atomic E-state index is 9.21. The van der Waals surface area contributed by atoms with Crippen LogP contribution in [0.5, 0.6) is 0 Å². The number of hydrogen-bond donors (Lipinski definition) is 1. The Morgan fingerprint density at radius 2 is 2.10 bits per heavy atom. The molecule has 110 valence electrons. The molecule has 0 saturated heterocycles. The second-order valence-electron chi connectivity index (χ2n) is 5.18. The van der Waals surface area contributed by atoms with Gasteiger partial charge in [0, 0.05) is 18.8 Å². The smallest absolute Gasteiger partial charge is 0.0868 e. The highest BCUT2D eigenvalue weighted by Gasteiger charge is 2.14. The van der Waals surface area contributed by atoms with Crippen LogP contribution in [-0.2, 0) is 26.6 Å². The minimum Gasteiger partial charge on any atom is -0.392 e. The van der Waals surface area contributed by atoms with Gasteiger partial charge in [0.25, 0.3) is 0 Å². The van der Waals surface area contributed by atoms with Crippen molar-refractivity contribution in [1.82, 2.24) is 14.3 Å². The lowest BCUT2D eigenvalue weighted by Crippen LogP contribution is -2.05. The Balaban J connectivity index is 2.01. The van der Waals surface area contributed by atoms with E-state index in [9.17, 15) is 5.11 Å². The summed E-state index contributed by atoms with van der Waals surface area (Å²) in [7, 11) is 1.93. The van der Waals surface area contributed by atoms with E-state index < -0.39 is 0 Å². The monoisotopic (exact) mass is 303 g/mol. The zero-order chi connectivity index (χ0) is 15.0. The number of nitrogens with zero attached hydrogens (tertiary/aromatic N) is 3. The number of rotatable bonds is 4. The van der Waals surface area contributed by atoms with Gasteiger partial charge in [0.2, 0.25) is 0 Å². The number of halogens is 1. The summed E-state index contributed by atoms with van der Waals surface area (Å²) >= 11 is 6.42. The van der Waals surface area contributed by atoms with E-state index >= 15 is 0 Å². The Kier molecular flexibility index (Phi) is 3.74. The molecule has 0 bridgehead atoms. The summed E-state index contributed by atoms with van der Waals surface area (Å²) < 4.78 is 4.01. The molecule has 0 unspecified atom stereocenters. The third-order valence-electron chi connectivity index (χ3n) is 3.84. The van der Waals surface area contributed by atoms with Gasteiger partial charge in [-0.25, -0.2) is 0 Å². The van der Waals surface area contributed by atoms with Crippen LogP contribution in [0.4, 0.5) is 0 Å². The fourth-order valence-corrected chi connectivity index (χ4v) is 2.99. The van der Waals surface area contributed by atoms with Gasteiger partial charge in [0.05, 0.1) is 29.6 Å². The average molecular weight is 304 g/mol. The maximum absolute atomic E-state index is 9.21. The van der Waals surface area contributed by atoms with Gasteiger partial charge in [-0.05, 0) is 35.6 Å². The summed E-state index contributed by atoms with van der Waals surface area (Å²) in [4.78, 5) is 0. The molecule has 3 aromatic rings. The molecule has 3 rings (SSSR count). The molecule has 0 fully saturated rings. The molecular weight excluding hydrogens is 286 g/mol. The van der Waals surface area contributed by atoms with Crippen molar-refractivity contribution in [2.45, 2.75) is 26.5 Å². The van der Waals surface area contributed by atoms with Gasteiger partial charge in [0.15, 0.2) is 0 Å². The molecule has 0 amide bonds. The van der Waals surface area contributed by atoms with E-state index in [2.05, 4.69) is 22.7 Å². The van der Waals surface area contributed by atoms with Gasteiger partial charge >= 0.3 is 0 Å². The van der Waals surface area contributed by atoms with Crippen molar-refractivity contribution in [2.75, 3.05) is 0 Å². The number of aliphatic hydroxyl groups excluding tert-OH is 1. The molecule has 0 aliphatic carbocycles. The number of aryl methyl sites for hydroxylation is 2. The Hall–Kier alpha value is -1.78. The van der Waals surface area contributed by atoms with Crippen molar-refractivity contribution in [2.24, 2.45) is 7.05 Å². The molecule has 21 heavy (non-hydrogen) atoms. The number of benzene rings is 1. The van der Waals surface area contributed by atoms with Crippen LogP contribution in [0.3, 0.4) is 0 Å². The van der Waals surface area contributed by atoms with Gasteiger partial charge in [-0.1, -0.05) is 24.6 Å². The van der Waals surface area contributed by atoms with E-state index in [1.165, 1.54) is 0 Å². The third-order valence-corrected chi connectivity index (χ3v) is 4.28. The maximum Gasteiger partial charge on any atom is 0.0868 e. The van der Waals surface area contributed by atoms with Crippen molar-refractivity contribution < 1.29 is 5.11 Å². The Labute approximate surface area is 128 Å². The minimum absolute atomic E-state index is 0.0640. The first-order valence-corrected chi connectivity index (χ1v) is 7.40. The van der Waals surface area contributed by atoms with Crippen molar-refractivity contribution in [3.05, 3.63) is 52.4 Å². The standard InChI is InChI=1S/C16H18ClN3O/c1-3-13-16(17)15(19(2)18-13)9-20-7-6-12-8-11(10-21)4-5-14(12)20/h4-8,21H,3,9-10H2,1-2H3. The second kappa shape index (κ2) is 5.54. The summed E-state index contributed by atoms with van der Waals surface area (Å²) in [6.07, 6.45) is 2.87. The fourth-order valence-electron chi connectivity index (χ4n) is 2.64. The summed E-state index contributed by atoms with van der Waals surface area (Å²) in [6.45, 7) is 2.80. The highest BCUT2D eigenvalue weighted by Crippen LogP contribution is 2.24. The fraction of sp³-hybridized carbons (Fsp3) is 0.312. The lowest BCUT2D eigenvalue weighted by Gasteiger charge is -2.07. The van der Waals surface area contributed by atoms with Gasteiger partial charge in [0.1, 0.15) is 0 Å². The first-order chi connectivity index (χ1) is 10.1. The Morgan fingerprint density at radius 3 is 2.76 bits per heavy atom. The zero-order valence-corrected chi connectivity index (χ0v) is 12.9. The molecule has 0 radical (unpaired) electrons. The van der Waals surface area contributed by atoms with E-state index in [4.69, 9.17) is 11.6 Å². The largest absolute Gasteiger partial charge is 0.392 e. The molecule has 0 aliphatic rings. The van der Waals surface area contributed by atoms with Crippen molar-refractivity contribution in [1.29, 1.82) is 0 Å². The van der Waals surface area contributed by atoms with Crippen LogP contribution in [0, 0.1) is 0 Å². The van der Waals surface area contributed by atoms with E-state index in [0.717, 1.165) is 39.3 Å². The number of fused-ring (bicyclic) bond motifs is 1. The van der Waals surface area contributed by atoms with Crippen molar-refractivity contribution in [3.63, 3.8) is 0 Å². The first-order valence-electron chi connectivity index (χ1n) is 7.03. The highest BCUT2D eigenvalue weighted by molar-refractivity contribution is 6.31. The molecule has 5 heteroatoms. The third kappa shape index (κ3) is 2.45. The molecule has 0 saturated carbocycles. The van der Waals surface area contributed by atoms with Crippen LogP contribution < -0.4 is 0 Å². The molecule has 0 atom stereocenters. The molecule has 4 nitrogen and oxygen atoms in total. The van der Waals surface area contributed by atoms with E-state index in [0.29, 0.717) is 6.54 Å². The van der Waals surface area contributed by atoms with Gasteiger partial charge in [-0.2, -0.15) is 5.10 Å². The second-order valence-corrected chi connectivity index (χ2v) is 5.56. The topological polar surface area (TPSA) is 43.0 Å². The molecule has 1 N–H and O–H groups in total. The van der Waals surface area contributed by atoms with Crippen LogP contribution in [0.2, 0.25) is 5.02 Å². The summed E-state index contributed by atoms with van der Waals surface area (Å²) in [5, 5.41) is 15.5. The van der Waals surface area contributed by atoms with Gasteiger partial charge < -0.3 is 9.67 Å². The molecular formula is C16H18ClN3O. The average Bonchev–Trinajstić information content (AvgIpc) is 3.02.